The van der Waals surface area contributed by atoms with Crippen molar-refractivity contribution in [1.82, 2.24) is 14.7 Å². The van der Waals surface area contributed by atoms with Crippen LogP contribution in [0.3, 0.4) is 0 Å². The van der Waals surface area contributed by atoms with Gasteiger partial charge in [0.25, 0.3) is 0 Å². The van der Waals surface area contributed by atoms with Gasteiger partial charge in [0.1, 0.15) is 0 Å². The molecule has 0 amide bonds. The largest absolute Gasteiger partial charge is 0.329 e. The van der Waals surface area contributed by atoms with Crippen molar-refractivity contribution >= 4 is 0 Å². The smallest absolute Gasteiger partial charge is 0.0359 e. The topological polar surface area (TPSA) is 35.7 Å². The van der Waals surface area contributed by atoms with Crippen molar-refractivity contribution in [3.63, 3.8) is 0 Å². The van der Waals surface area contributed by atoms with E-state index in [9.17, 15) is 0 Å². The van der Waals surface area contributed by atoms with E-state index < -0.39 is 0 Å². The van der Waals surface area contributed by atoms with E-state index in [4.69, 9.17) is 5.73 Å². The molecule has 0 bridgehead atoms. The van der Waals surface area contributed by atoms with Crippen LogP contribution in [0.1, 0.15) is 39.5 Å². The third-order valence-electron chi connectivity index (χ3n) is 5.35. The van der Waals surface area contributed by atoms with Crippen LogP contribution in [0.2, 0.25) is 0 Å². The van der Waals surface area contributed by atoms with E-state index in [1.54, 1.807) is 0 Å². The molecule has 0 aromatic carbocycles. The first kappa shape index (κ1) is 17.2. The molecule has 1 unspecified atom stereocenters. The zero-order chi connectivity index (χ0) is 15.5. The lowest BCUT2D eigenvalue weighted by Gasteiger charge is -2.50. The first-order valence-electron chi connectivity index (χ1n) is 8.81. The highest BCUT2D eigenvalue weighted by atomic mass is 15.3. The summed E-state index contributed by atoms with van der Waals surface area (Å²) in [6, 6.07) is 0.709. The summed E-state index contributed by atoms with van der Waals surface area (Å²) in [7, 11) is 4.38. The summed E-state index contributed by atoms with van der Waals surface area (Å²) in [4.78, 5) is 7.75. The van der Waals surface area contributed by atoms with Gasteiger partial charge >= 0.3 is 0 Å². The van der Waals surface area contributed by atoms with Gasteiger partial charge in [-0.1, -0.05) is 13.8 Å². The van der Waals surface area contributed by atoms with Crippen LogP contribution in [0.5, 0.6) is 0 Å². The van der Waals surface area contributed by atoms with Gasteiger partial charge in [0, 0.05) is 31.2 Å². The van der Waals surface area contributed by atoms with Gasteiger partial charge in [0.2, 0.25) is 0 Å². The maximum atomic E-state index is 6.28. The van der Waals surface area contributed by atoms with Gasteiger partial charge in [0.05, 0.1) is 0 Å². The molecule has 0 aromatic heterocycles. The highest BCUT2D eigenvalue weighted by Crippen LogP contribution is 2.34. The lowest BCUT2D eigenvalue weighted by molar-refractivity contribution is 0.00928. The fourth-order valence-electron chi connectivity index (χ4n) is 4.35. The molecule has 0 radical (unpaired) electrons. The molecule has 124 valence electrons. The van der Waals surface area contributed by atoms with Crippen LogP contribution in [0, 0.1) is 5.92 Å². The van der Waals surface area contributed by atoms with Crippen LogP contribution < -0.4 is 5.73 Å². The third kappa shape index (κ3) is 4.19. The minimum atomic E-state index is 0.269. The van der Waals surface area contributed by atoms with Crippen molar-refractivity contribution < 1.29 is 0 Å². The molecule has 2 aliphatic heterocycles. The van der Waals surface area contributed by atoms with E-state index in [0.29, 0.717) is 6.04 Å². The molecule has 2 heterocycles. The van der Waals surface area contributed by atoms with Crippen molar-refractivity contribution in [3.8, 4) is 0 Å². The lowest BCUT2D eigenvalue weighted by Crippen LogP contribution is -2.61. The Morgan fingerprint density at radius 1 is 1.19 bits per heavy atom. The predicted molar refractivity (Wildman–Crippen MR) is 90.6 cm³/mol. The summed E-state index contributed by atoms with van der Waals surface area (Å²) in [5.41, 5.74) is 6.55. The van der Waals surface area contributed by atoms with Crippen molar-refractivity contribution in [1.29, 1.82) is 0 Å². The monoisotopic (exact) mass is 296 g/mol. The van der Waals surface area contributed by atoms with Gasteiger partial charge in [0.15, 0.2) is 0 Å². The molecule has 0 saturated carbocycles. The van der Waals surface area contributed by atoms with E-state index >= 15 is 0 Å². The number of likely N-dealkylation sites (tertiary alicyclic amines) is 2. The van der Waals surface area contributed by atoms with Crippen molar-refractivity contribution in [2.45, 2.75) is 51.1 Å². The molecule has 0 aliphatic carbocycles. The Labute approximate surface area is 131 Å². The second kappa shape index (κ2) is 7.40. The Bertz CT molecular complexity index is 308. The van der Waals surface area contributed by atoms with Crippen molar-refractivity contribution in [3.05, 3.63) is 0 Å². The fraction of sp³-hybridized carbons (Fsp3) is 1.00. The van der Waals surface area contributed by atoms with Crippen LogP contribution in [0.15, 0.2) is 0 Å². The SMILES string of the molecule is CC(C)CN1CCC(CN)(N2CCCC2CN(C)C)CC1. The third-order valence-corrected chi connectivity index (χ3v) is 5.35. The minimum absolute atomic E-state index is 0.269. The maximum Gasteiger partial charge on any atom is 0.0359 e. The maximum absolute atomic E-state index is 6.28. The van der Waals surface area contributed by atoms with Gasteiger partial charge in [-0.15, -0.1) is 0 Å². The van der Waals surface area contributed by atoms with Gasteiger partial charge < -0.3 is 15.5 Å². The number of nitrogens with zero attached hydrogens (tertiary/aromatic N) is 3. The molecular formula is C17H36N4. The molecule has 4 nitrogen and oxygen atoms in total. The molecular weight excluding hydrogens is 260 g/mol. The van der Waals surface area contributed by atoms with Crippen LogP contribution >= 0.6 is 0 Å². The average molecular weight is 297 g/mol. The van der Waals surface area contributed by atoms with Gasteiger partial charge in [-0.3, -0.25) is 4.90 Å². The Balaban J connectivity index is 1.98. The number of piperidine rings is 1. The number of hydrogen-bond donors (Lipinski definition) is 1. The Morgan fingerprint density at radius 3 is 2.38 bits per heavy atom. The summed E-state index contributed by atoms with van der Waals surface area (Å²) < 4.78 is 0. The Morgan fingerprint density at radius 2 is 1.86 bits per heavy atom. The molecule has 2 N–H and O–H groups in total. The van der Waals surface area contributed by atoms with Crippen molar-refractivity contribution in [2.24, 2.45) is 11.7 Å². The molecule has 1 atom stereocenters. The summed E-state index contributed by atoms with van der Waals surface area (Å²) in [6.45, 7) is 11.6. The molecule has 4 heteroatoms. The zero-order valence-corrected chi connectivity index (χ0v) is 14.6. The molecule has 0 aromatic rings. The van der Waals surface area contributed by atoms with Gasteiger partial charge in [-0.25, -0.2) is 0 Å². The van der Waals surface area contributed by atoms with E-state index in [0.717, 1.165) is 12.5 Å². The normalized spacial score (nSPS) is 27.9. The molecule has 0 spiro atoms. The highest BCUT2D eigenvalue weighted by Gasteiger charge is 2.43. The second-order valence-corrected chi connectivity index (χ2v) is 7.87. The highest BCUT2D eigenvalue weighted by molar-refractivity contribution is 5.01. The molecule has 2 saturated heterocycles. The summed E-state index contributed by atoms with van der Waals surface area (Å²) >= 11 is 0. The molecule has 21 heavy (non-hydrogen) atoms. The Hall–Kier alpha value is -0.160. The van der Waals surface area contributed by atoms with Gasteiger partial charge in [-0.05, 0) is 65.3 Å². The quantitative estimate of drug-likeness (QED) is 0.805. The van der Waals surface area contributed by atoms with Crippen molar-refractivity contribution in [2.75, 3.05) is 53.4 Å². The summed E-state index contributed by atoms with van der Waals surface area (Å²) in [5.74, 6) is 0.767. The van der Waals surface area contributed by atoms with E-state index in [1.807, 2.05) is 0 Å². The summed E-state index contributed by atoms with van der Waals surface area (Å²) in [6.07, 6.45) is 5.19. The van der Waals surface area contributed by atoms with Crippen LogP contribution in [-0.4, -0.2) is 79.6 Å². The Kier molecular flexibility index (Phi) is 6.06. The van der Waals surface area contributed by atoms with E-state index in [1.165, 1.54) is 58.4 Å². The standard InChI is InChI=1S/C17H36N4/c1-15(2)12-20-10-7-17(14-18,8-11-20)21-9-5-6-16(21)13-19(3)4/h15-16H,5-14,18H2,1-4H3. The van der Waals surface area contributed by atoms with Crippen LogP contribution in [-0.2, 0) is 0 Å². The average Bonchev–Trinajstić information content (AvgIpc) is 2.87. The van der Waals surface area contributed by atoms with Crippen LogP contribution in [0.4, 0.5) is 0 Å². The lowest BCUT2D eigenvalue weighted by atomic mass is 9.84. The fourth-order valence-corrected chi connectivity index (χ4v) is 4.35. The molecule has 2 rings (SSSR count). The predicted octanol–water partition coefficient (Wildman–Crippen LogP) is 1.46. The van der Waals surface area contributed by atoms with Crippen LogP contribution in [0.25, 0.3) is 0 Å². The molecule has 2 fully saturated rings. The number of hydrogen-bond acceptors (Lipinski definition) is 4. The number of rotatable bonds is 6. The number of likely N-dealkylation sites (N-methyl/N-ethyl adjacent to an activating group) is 1. The number of nitrogens with two attached hydrogens (primary N) is 1. The first-order valence-corrected chi connectivity index (χ1v) is 8.81. The van der Waals surface area contributed by atoms with E-state index in [-0.39, 0.29) is 5.54 Å². The van der Waals surface area contributed by atoms with Gasteiger partial charge in [-0.2, -0.15) is 0 Å². The zero-order valence-electron chi connectivity index (χ0n) is 14.6. The van der Waals surface area contributed by atoms with E-state index in [2.05, 4.69) is 42.6 Å². The minimum Gasteiger partial charge on any atom is -0.329 e. The molecule has 2 aliphatic rings. The summed E-state index contributed by atoms with van der Waals surface area (Å²) in [5, 5.41) is 0. The first-order chi connectivity index (χ1) is 9.97. The second-order valence-electron chi connectivity index (χ2n) is 7.87.